The first-order chi connectivity index (χ1) is 8.99. The molecule has 0 spiro atoms. The summed E-state index contributed by atoms with van der Waals surface area (Å²) in [5, 5.41) is 9.43. The monoisotopic (exact) mass is 301 g/mol. The summed E-state index contributed by atoms with van der Waals surface area (Å²) in [7, 11) is 0. The lowest BCUT2D eigenvalue weighted by Crippen LogP contribution is -2.35. The van der Waals surface area contributed by atoms with Crippen LogP contribution in [0.4, 0.5) is 0 Å². The predicted octanol–water partition coefficient (Wildman–Crippen LogP) is 3.07. The lowest BCUT2D eigenvalue weighted by Gasteiger charge is -2.21. The van der Waals surface area contributed by atoms with Crippen molar-refractivity contribution in [3.8, 4) is 0 Å². The van der Waals surface area contributed by atoms with E-state index in [4.69, 9.17) is 28.3 Å². The van der Waals surface area contributed by atoms with Crippen LogP contribution in [0.5, 0.6) is 0 Å². The van der Waals surface area contributed by atoms with E-state index < -0.39 is 5.97 Å². The van der Waals surface area contributed by atoms with Gasteiger partial charge in [-0.25, -0.2) is 0 Å². The fourth-order valence-electron chi connectivity index (χ4n) is 1.85. The van der Waals surface area contributed by atoms with E-state index in [1.807, 2.05) is 0 Å². The molecule has 1 aliphatic carbocycles. The molecule has 102 valence electrons. The Hall–Kier alpha value is -1.26. The van der Waals surface area contributed by atoms with E-state index in [2.05, 4.69) is 0 Å². The molecule has 1 N–H and O–H groups in total. The number of carboxylic acid groups (broad SMARTS) is 1. The highest BCUT2D eigenvalue weighted by atomic mass is 35.5. The molecule has 1 aliphatic rings. The number of amides is 1. The van der Waals surface area contributed by atoms with Crippen LogP contribution in [0.2, 0.25) is 10.0 Å². The van der Waals surface area contributed by atoms with Gasteiger partial charge >= 0.3 is 5.97 Å². The van der Waals surface area contributed by atoms with E-state index in [9.17, 15) is 9.59 Å². The third-order valence-electron chi connectivity index (χ3n) is 2.98. The second-order valence-electron chi connectivity index (χ2n) is 4.50. The van der Waals surface area contributed by atoms with E-state index in [1.54, 1.807) is 17.0 Å². The molecule has 0 bridgehead atoms. The molecular formula is C13H13Cl2NO3. The normalized spacial score (nSPS) is 14.2. The minimum Gasteiger partial charge on any atom is -0.481 e. The quantitative estimate of drug-likeness (QED) is 0.909. The largest absolute Gasteiger partial charge is 0.481 e. The zero-order valence-electron chi connectivity index (χ0n) is 10.1. The number of halogens is 2. The average Bonchev–Trinajstić information content (AvgIpc) is 3.16. The number of aliphatic carboxylic acids is 1. The smallest absolute Gasteiger partial charge is 0.305 e. The zero-order valence-corrected chi connectivity index (χ0v) is 11.6. The number of carbonyl (C=O) groups excluding carboxylic acids is 1. The van der Waals surface area contributed by atoms with Gasteiger partial charge in [-0.1, -0.05) is 23.2 Å². The highest BCUT2D eigenvalue weighted by molar-refractivity contribution is 6.42. The van der Waals surface area contributed by atoms with Gasteiger partial charge < -0.3 is 10.0 Å². The van der Waals surface area contributed by atoms with Crippen molar-refractivity contribution < 1.29 is 14.7 Å². The number of rotatable bonds is 5. The topological polar surface area (TPSA) is 57.6 Å². The number of carboxylic acids is 1. The molecule has 2 rings (SSSR count). The van der Waals surface area contributed by atoms with Gasteiger partial charge in [0.05, 0.1) is 16.5 Å². The lowest BCUT2D eigenvalue weighted by atomic mass is 10.2. The summed E-state index contributed by atoms with van der Waals surface area (Å²) in [4.78, 5) is 24.6. The van der Waals surface area contributed by atoms with Crippen LogP contribution in [-0.2, 0) is 4.79 Å². The summed E-state index contributed by atoms with van der Waals surface area (Å²) in [6.45, 7) is 0.221. The summed E-state index contributed by atoms with van der Waals surface area (Å²) in [5.74, 6) is -1.10. The summed E-state index contributed by atoms with van der Waals surface area (Å²) >= 11 is 11.7. The van der Waals surface area contributed by atoms with Gasteiger partial charge in [0.1, 0.15) is 0 Å². The minimum atomic E-state index is -0.910. The summed E-state index contributed by atoms with van der Waals surface area (Å²) in [6.07, 6.45) is 1.79. The number of carbonyl (C=O) groups is 2. The molecule has 1 aromatic rings. The Bertz CT molecular complexity index is 515. The van der Waals surface area contributed by atoms with Crippen LogP contribution >= 0.6 is 23.2 Å². The van der Waals surface area contributed by atoms with Crippen LogP contribution in [0.25, 0.3) is 0 Å². The number of benzene rings is 1. The minimum absolute atomic E-state index is 0.0520. The Morgan fingerprint density at radius 1 is 1.26 bits per heavy atom. The molecule has 1 fully saturated rings. The van der Waals surface area contributed by atoms with E-state index in [0.717, 1.165) is 12.8 Å². The highest BCUT2D eigenvalue weighted by Crippen LogP contribution is 2.30. The van der Waals surface area contributed by atoms with Crippen molar-refractivity contribution in [1.82, 2.24) is 4.90 Å². The number of nitrogens with zero attached hydrogens (tertiary/aromatic N) is 1. The van der Waals surface area contributed by atoms with Gasteiger partial charge in [0.2, 0.25) is 0 Å². The molecule has 4 nitrogen and oxygen atoms in total. The standard InChI is InChI=1S/C13H13Cl2NO3/c14-10-4-1-8(7-11(10)15)13(19)16(9-2-3-9)6-5-12(17)18/h1,4,7,9H,2-3,5-6H2,(H,17,18). The Morgan fingerprint density at radius 3 is 2.47 bits per heavy atom. The molecule has 0 atom stereocenters. The third kappa shape index (κ3) is 3.61. The first-order valence-electron chi connectivity index (χ1n) is 5.97. The Morgan fingerprint density at radius 2 is 1.95 bits per heavy atom. The van der Waals surface area contributed by atoms with Crippen molar-refractivity contribution in [2.24, 2.45) is 0 Å². The molecule has 1 saturated carbocycles. The van der Waals surface area contributed by atoms with Crippen molar-refractivity contribution in [1.29, 1.82) is 0 Å². The van der Waals surface area contributed by atoms with Crippen LogP contribution in [0, 0.1) is 0 Å². The maximum atomic E-state index is 12.3. The van der Waals surface area contributed by atoms with E-state index in [0.29, 0.717) is 15.6 Å². The van der Waals surface area contributed by atoms with Gasteiger partial charge in [0.15, 0.2) is 0 Å². The second-order valence-corrected chi connectivity index (χ2v) is 5.32. The third-order valence-corrected chi connectivity index (χ3v) is 3.72. The van der Waals surface area contributed by atoms with Gasteiger partial charge in [-0.2, -0.15) is 0 Å². The molecule has 0 aliphatic heterocycles. The number of hydrogen-bond acceptors (Lipinski definition) is 2. The SMILES string of the molecule is O=C(O)CCN(C(=O)c1ccc(Cl)c(Cl)c1)C1CC1. The van der Waals surface area contributed by atoms with Crippen molar-refractivity contribution >= 4 is 35.1 Å². The Kier molecular flexibility index (Phi) is 4.32. The van der Waals surface area contributed by atoms with Crippen LogP contribution in [0.3, 0.4) is 0 Å². The van der Waals surface area contributed by atoms with Crippen molar-refractivity contribution in [3.63, 3.8) is 0 Å². The molecule has 0 unspecified atom stereocenters. The van der Waals surface area contributed by atoms with Crippen molar-refractivity contribution in [3.05, 3.63) is 33.8 Å². The first kappa shape index (κ1) is 14.2. The van der Waals surface area contributed by atoms with Crippen LogP contribution < -0.4 is 0 Å². The highest BCUT2D eigenvalue weighted by Gasteiger charge is 2.33. The molecule has 0 saturated heterocycles. The van der Waals surface area contributed by atoms with Crippen LogP contribution in [0.1, 0.15) is 29.6 Å². The number of hydrogen-bond donors (Lipinski definition) is 1. The summed E-state index contributed by atoms with van der Waals surface area (Å²) in [5.41, 5.74) is 0.437. The fourth-order valence-corrected chi connectivity index (χ4v) is 2.15. The van der Waals surface area contributed by atoms with Crippen LogP contribution in [-0.4, -0.2) is 34.5 Å². The second kappa shape index (κ2) is 5.80. The average molecular weight is 302 g/mol. The molecule has 6 heteroatoms. The van der Waals surface area contributed by atoms with E-state index in [-0.39, 0.29) is 24.9 Å². The lowest BCUT2D eigenvalue weighted by molar-refractivity contribution is -0.137. The van der Waals surface area contributed by atoms with Gasteiger partial charge in [0.25, 0.3) is 5.91 Å². The Labute approximate surface area is 120 Å². The molecule has 1 aromatic carbocycles. The van der Waals surface area contributed by atoms with Gasteiger partial charge in [-0.3, -0.25) is 9.59 Å². The van der Waals surface area contributed by atoms with E-state index in [1.165, 1.54) is 6.07 Å². The molecular weight excluding hydrogens is 289 g/mol. The van der Waals surface area contributed by atoms with Crippen LogP contribution in [0.15, 0.2) is 18.2 Å². The van der Waals surface area contributed by atoms with Crippen molar-refractivity contribution in [2.75, 3.05) is 6.54 Å². The molecule has 0 heterocycles. The molecule has 19 heavy (non-hydrogen) atoms. The fraction of sp³-hybridized carbons (Fsp3) is 0.385. The predicted molar refractivity (Wildman–Crippen MR) is 72.8 cm³/mol. The molecule has 0 radical (unpaired) electrons. The summed E-state index contributed by atoms with van der Waals surface area (Å²) < 4.78 is 0. The zero-order chi connectivity index (χ0) is 14.0. The van der Waals surface area contributed by atoms with Gasteiger partial charge in [0, 0.05) is 18.2 Å². The van der Waals surface area contributed by atoms with Crippen molar-refractivity contribution in [2.45, 2.75) is 25.3 Å². The maximum absolute atomic E-state index is 12.3. The van der Waals surface area contributed by atoms with Gasteiger partial charge in [-0.05, 0) is 31.0 Å². The van der Waals surface area contributed by atoms with E-state index >= 15 is 0 Å². The molecule has 0 aromatic heterocycles. The first-order valence-corrected chi connectivity index (χ1v) is 6.72. The molecule has 1 amide bonds. The summed E-state index contributed by atoms with van der Waals surface area (Å²) in [6, 6.07) is 4.84. The Balaban J connectivity index is 2.14. The van der Waals surface area contributed by atoms with Gasteiger partial charge in [-0.15, -0.1) is 0 Å². The maximum Gasteiger partial charge on any atom is 0.305 e.